The Labute approximate surface area is 244 Å². The molecule has 1 aromatic heterocycles. The van der Waals surface area contributed by atoms with Crippen LogP contribution in [0.5, 0.6) is 0 Å². The van der Waals surface area contributed by atoms with Crippen molar-refractivity contribution >= 4 is 65.3 Å². The van der Waals surface area contributed by atoms with Crippen LogP contribution in [-0.4, -0.2) is 43.9 Å². The van der Waals surface area contributed by atoms with E-state index in [4.69, 9.17) is 18.0 Å². The number of piperidine rings is 1. The van der Waals surface area contributed by atoms with E-state index in [0.717, 1.165) is 0 Å². The first-order chi connectivity index (χ1) is 18.6. The molecule has 206 valence electrons. The maximum atomic E-state index is 13.7. The SMILES string of the molecule is NC(=O)c1[nH]cnc1N(Cc1ccccc1[C@H]1CC(C(F)(F)F)CCN1SI)C(=S)NC(=O)c1ccccc1. The fourth-order valence-corrected chi connectivity index (χ4v) is 6.65. The van der Waals surface area contributed by atoms with Gasteiger partial charge < -0.3 is 10.7 Å². The van der Waals surface area contributed by atoms with E-state index in [9.17, 15) is 22.8 Å². The largest absolute Gasteiger partial charge is 0.391 e. The molecular formula is C25H24F3IN6O2S2. The monoisotopic (exact) mass is 688 g/mol. The average Bonchev–Trinajstić information content (AvgIpc) is 3.41. The van der Waals surface area contributed by atoms with Crippen molar-refractivity contribution in [2.45, 2.75) is 31.6 Å². The second-order valence-electron chi connectivity index (χ2n) is 8.86. The van der Waals surface area contributed by atoms with Crippen molar-refractivity contribution in [1.29, 1.82) is 0 Å². The third kappa shape index (κ3) is 6.91. The van der Waals surface area contributed by atoms with Crippen LogP contribution in [0.1, 0.15) is 50.9 Å². The van der Waals surface area contributed by atoms with Crippen molar-refractivity contribution in [1.82, 2.24) is 19.6 Å². The molecule has 0 spiro atoms. The van der Waals surface area contributed by atoms with Crippen LogP contribution in [-0.2, 0) is 6.54 Å². The molecule has 4 N–H and O–H groups in total. The van der Waals surface area contributed by atoms with Gasteiger partial charge in [-0.05, 0) is 57.4 Å². The number of carbonyl (C=O) groups is 2. The number of nitrogens with zero attached hydrogens (tertiary/aromatic N) is 3. The van der Waals surface area contributed by atoms with E-state index < -0.39 is 30.0 Å². The number of thiocarbonyl (C=S) groups is 1. The van der Waals surface area contributed by atoms with Crippen LogP contribution in [0.4, 0.5) is 19.0 Å². The molecule has 1 fully saturated rings. The summed E-state index contributed by atoms with van der Waals surface area (Å²) < 4.78 is 43.0. The van der Waals surface area contributed by atoms with E-state index in [1.807, 2.05) is 4.31 Å². The minimum Gasteiger partial charge on any atom is -0.364 e. The maximum Gasteiger partial charge on any atom is 0.391 e. The highest BCUT2D eigenvalue weighted by Crippen LogP contribution is 2.46. The quantitative estimate of drug-likeness (QED) is 0.170. The predicted molar refractivity (Wildman–Crippen MR) is 156 cm³/mol. The Morgan fingerprint density at radius 3 is 2.56 bits per heavy atom. The van der Waals surface area contributed by atoms with Crippen LogP contribution in [0.15, 0.2) is 60.9 Å². The lowest BCUT2D eigenvalue weighted by Crippen LogP contribution is -2.44. The van der Waals surface area contributed by atoms with E-state index in [0.29, 0.717) is 16.7 Å². The van der Waals surface area contributed by atoms with Crippen LogP contribution in [0.25, 0.3) is 0 Å². The Bertz CT molecular complexity index is 1340. The van der Waals surface area contributed by atoms with Crippen LogP contribution in [0, 0.1) is 5.92 Å². The number of amides is 2. The molecule has 2 atom stereocenters. The fraction of sp³-hybridized carbons (Fsp3) is 0.280. The number of aromatic nitrogens is 2. The summed E-state index contributed by atoms with van der Waals surface area (Å²) in [5, 5.41) is 2.61. The first-order valence-electron chi connectivity index (χ1n) is 11.8. The third-order valence-corrected chi connectivity index (χ3v) is 8.93. The molecule has 4 rings (SSSR count). The Kier molecular flexibility index (Phi) is 9.51. The summed E-state index contributed by atoms with van der Waals surface area (Å²) in [6.07, 6.45) is -3.09. The van der Waals surface area contributed by atoms with E-state index in [-0.39, 0.29) is 42.6 Å². The highest BCUT2D eigenvalue weighted by Gasteiger charge is 2.45. The fourth-order valence-electron chi connectivity index (χ4n) is 4.52. The molecule has 0 radical (unpaired) electrons. The van der Waals surface area contributed by atoms with Crippen LogP contribution < -0.4 is 16.0 Å². The number of nitrogens with two attached hydrogens (primary N) is 1. The number of primary amides is 1. The molecule has 1 aliphatic heterocycles. The summed E-state index contributed by atoms with van der Waals surface area (Å²) in [5.41, 5.74) is 7.23. The summed E-state index contributed by atoms with van der Waals surface area (Å²) >= 11 is 7.66. The highest BCUT2D eigenvalue weighted by atomic mass is 127. The van der Waals surface area contributed by atoms with Crippen molar-refractivity contribution < 1.29 is 22.8 Å². The third-order valence-electron chi connectivity index (χ3n) is 6.47. The number of carbonyl (C=O) groups excluding carboxylic acids is 2. The number of imidazole rings is 1. The average molecular weight is 689 g/mol. The number of alkyl halides is 3. The molecule has 2 aromatic carbocycles. The first kappa shape index (κ1) is 29.3. The van der Waals surface area contributed by atoms with Gasteiger partial charge in [0.05, 0.1) is 18.8 Å². The molecule has 39 heavy (non-hydrogen) atoms. The van der Waals surface area contributed by atoms with E-state index >= 15 is 0 Å². The number of hydrogen-bond donors (Lipinski definition) is 3. The Balaban J connectivity index is 1.70. The minimum atomic E-state index is -4.30. The second-order valence-corrected chi connectivity index (χ2v) is 11.0. The van der Waals surface area contributed by atoms with Crippen LogP contribution in [0.2, 0.25) is 0 Å². The van der Waals surface area contributed by atoms with Crippen molar-refractivity contribution in [2.75, 3.05) is 11.4 Å². The smallest absolute Gasteiger partial charge is 0.364 e. The zero-order valence-corrected chi connectivity index (χ0v) is 24.1. The summed E-state index contributed by atoms with van der Waals surface area (Å²) in [4.78, 5) is 33.3. The molecular weight excluding hydrogens is 664 g/mol. The number of hydrogen-bond acceptors (Lipinski definition) is 6. The van der Waals surface area contributed by atoms with Gasteiger partial charge in [-0.15, -0.1) is 0 Å². The van der Waals surface area contributed by atoms with Gasteiger partial charge in [0.25, 0.3) is 11.8 Å². The summed E-state index contributed by atoms with van der Waals surface area (Å²) in [7, 11) is 1.37. The van der Waals surface area contributed by atoms with Gasteiger partial charge in [0.15, 0.2) is 10.9 Å². The van der Waals surface area contributed by atoms with Gasteiger partial charge in [-0.2, -0.15) is 13.2 Å². The maximum absolute atomic E-state index is 13.7. The van der Waals surface area contributed by atoms with Crippen molar-refractivity contribution in [2.24, 2.45) is 11.7 Å². The van der Waals surface area contributed by atoms with E-state index in [1.54, 1.807) is 54.6 Å². The first-order valence-corrected chi connectivity index (χ1v) is 15.5. The van der Waals surface area contributed by atoms with E-state index in [2.05, 4.69) is 36.5 Å². The lowest BCUT2D eigenvalue weighted by molar-refractivity contribution is -0.186. The summed E-state index contributed by atoms with van der Waals surface area (Å²) in [6.45, 7) is 0.291. The van der Waals surface area contributed by atoms with Crippen molar-refractivity contribution in [3.8, 4) is 0 Å². The second kappa shape index (κ2) is 12.7. The highest BCUT2D eigenvalue weighted by molar-refractivity contribution is 14.2. The molecule has 3 aromatic rings. The molecule has 2 amide bonds. The van der Waals surface area contributed by atoms with Crippen LogP contribution >= 0.6 is 42.5 Å². The summed E-state index contributed by atoms with van der Waals surface area (Å²) in [6, 6.07) is 15.0. The van der Waals surface area contributed by atoms with Gasteiger partial charge in [0, 0.05) is 39.4 Å². The summed E-state index contributed by atoms with van der Waals surface area (Å²) in [5.74, 6) is -2.59. The van der Waals surface area contributed by atoms with Crippen molar-refractivity contribution in [3.63, 3.8) is 0 Å². The minimum absolute atomic E-state index is 0.0160. The molecule has 14 heteroatoms. The standard InChI is InChI=1S/C25H24F3IN6O2S2/c26-25(27,28)17-10-11-35(39-29)19(12-17)18-9-5-4-8-16(18)13-34(22-20(21(30)36)31-14-32-22)24(38)33-23(37)15-6-2-1-3-7-15/h1-9,14,17,19H,10-13H2,(H2,30,36)(H,31,32)(H,33,37,38)/t17?,19-/m1/s1. The van der Waals surface area contributed by atoms with Gasteiger partial charge >= 0.3 is 6.18 Å². The Morgan fingerprint density at radius 2 is 1.90 bits per heavy atom. The van der Waals surface area contributed by atoms with Crippen molar-refractivity contribution in [3.05, 3.63) is 83.3 Å². The normalized spacial score (nSPS) is 17.9. The van der Waals surface area contributed by atoms with Gasteiger partial charge in [0.2, 0.25) is 0 Å². The lowest BCUT2D eigenvalue weighted by atomic mass is 9.86. The van der Waals surface area contributed by atoms with Crippen LogP contribution in [0.3, 0.4) is 0 Å². The van der Waals surface area contributed by atoms with Gasteiger partial charge in [-0.25, -0.2) is 9.29 Å². The molecule has 0 saturated carbocycles. The predicted octanol–water partition coefficient (Wildman–Crippen LogP) is 5.54. The topological polar surface area (TPSA) is 107 Å². The molecule has 0 bridgehead atoms. The Morgan fingerprint density at radius 1 is 1.21 bits per heavy atom. The number of rotatable bonds is 7. The number of benzene rings is 2. The number of H-pyrrole nitrogens is 1. The molecule has 0 aliphatic carbocycles. The number of nitrogens with one attached hydrogen (secondary N) is 2. The number of aromatic amines is 1. The zero-order chi connectivity index (χ0) is 28.2. The number of anilines is 1. The lowest BCUT2D eigenvalue weighted by Gasteiger charge is -2.39. The van der Waals surface area contributed by atoms with E-state index in [1.165, 1.54) is 20.3 Å². The van der Waals surface area contributed by atoms with Gasteiger partial charge in [0.1, 0.15) is 5.69 Å². The van der Waals surface area contributed by atoms with Gasteiger partial charge in [-0.3, -0.25) is 19.8 Å². The molecule has 1 unspecified atom stereocenters. The molecule has 1 saturated heterocycles. The Hall–Kier alpha value is -2.69. The molecule has 2 heterocycles. The molecule has 1 aliphatic rings. The number of halogens is 4. The molecule has 8 nitrogen and oxygen atoms in total. The van der Waals surface area contributed by atoms with Gasteiger partial charge in [-0.1, -0.05) is 42.5 Å². The zero-order valence-electron chi connectivity index (χ0n) is 20.3.